The van der Waals surface area contributed by atoms with Crippen LogP contribution >= 0.6 is 0 Å². The fourth-order valence-electron chi connectivity index (χ4n) is 3.19. The second kappa shape index (κ2) is 9.67. The quantitative estimate of drug-likeness (QED) is 0.531. The first-order chi connectivity index (χ1) is 14.5. The Morgan fingerprint density at radius 1 is 0.933 bits per heavy atom. The smallest absolute Gasteiger partial charge is 0.338 e. The van der Waals surface area contributed by atoms with Crippen molar-refractivity contribution in [3.63, 3.8) is 0 Å². The summed E-state index contributed by atoms with van der Waals surface area (Å²) in [4.78, 5) is 24.6. The van der Waals surface area contributed by atoms with Crippen molar-refractivity contribution in [2.75, 3.05) is 13.2 Å². The molecule has 1 aliphatic rings. The van der Waals surface area contributed by atoms with Crippen LogP contribution in [0.2, 0.25) is 0 Å². The molecule has 4 atom stereocenters. The van der Waals surface area contributed by atoms with Crippen molar-refractivity contribution in [2.24, 2.45) is 0 Å². The van der Waals surface area contributed by atoms with Gasteiger partial charge in [0.25, 0.3) is 0 Å². The molecule has 158 valence electrons. The number of carbonyl (C=O) groups excluding carboxylic acids is 2. The normalized spacial score (nSPS) is 25.5. The number of aliphatic hydroxyl groups excluding tert-OH is 1. The Labute approximate surface area is 174 Å². The van der Waals surface area contributed by atoms with E-state index in [1.807, 2.05) is 0 Å². The van der Waals surface area contributed by atoms with Crippen LogP contribution in [0.5, 0.6) is 0 Å². The Morgan fingerprint density at radius 2 is 1.50 bits per heavy atom. The van der Waals surface area contributed by atoms with Gasteiger partial charge in [-0.1, -0.05) is 42.5 Å². The van der Waals surface area contributed by atoms with Crippen LogP contribution in [0.3, 0.4) is 0 Å². The van der Waals surface area contributed by atoms with Crippen LogP contribution < -0.4 is 0 Å². The molecule has 0 radical (unpaired) electrons. The van der Waals surface area contributed by atoms with Crippen molar-refractivity contribution in [3.8, 4) is 0 Å². The predicted molar refractivity (Wildman–Crippen MR) is 108 cm³/mol. The zero-order valence-corrected chi connectivity index (χ0v) is 16.5. The van der Waals surface area contributed by atoms with Crippen molar-refractivity contribution in [2.45, 2.75) is 30.8 Å². The molecule has 7 nitrogen and oxygen atoms in total. The van der Waals surface area contributed by atoms with Crippen LogP contribution in [0, 0.1) is 0 Å². The monoisotopic (exact) mass is 412 g/mol. The molecule has 3 rings (SSSR count). The molecule has 1 aliphatic carbocycles. The van der Waals surface area contributed by atoms with E-state index in [-0.39, 0.29) is 6.61 Å². The van der Waals surface area contributed by atoms with Gasteiger partial charge in [-0.05, 0) is 37.3 Å². The number of rotatable bonds is 7. The number of aliphatic hydroxyl groups is 2. The number of carbonyl (C=O) groups is 2. The lowest BCUT2D eigenvalue weighted by atomic mass is 9.82. The Bertz CT molecular complexity index is 881. The molecule has 0 saturated carbocycles. The van der Waals surface area contributed by atoms with Crippen LogP contribution in [0.1, 0.15) is 27.6 Å². The molecule has 0 spiro atoms. The lowest BCUT2D eigenvalue weighted by Gasteiger charge is -2.42. The Morgan fingerprint density at radius 3 is 2.07 bits per heavy atom. The predicted octanol–water partition coefficient (Wildman–Crippen LogP) is 2.14. The summed E-state index contributed by atoms with van der Waals surface area (Å²) in [6.45, 7) is 1.44. The molecule has 0 amide bonds. The van der Waals surface area contributed by atoms with E-state index < -0.39 is 42.5 Å². The van der Waals surface area contributed by atoms with E-state index in [2.05, 4.69) is 0 Å². The van der Waals surface area contributed by atoms with Crippen molar-refractivity contribution in [3.05, 3.63) is 83.9 Å². The Hall–Kier alpha value is -3.00. The van der Waals surface area contributed by atoms with Gasteiger partial charge in [0.1, 0.15) is 24.9 Å². The molecule has 0 aliphatic heterocycles. The van der Waals surface area contributed by atoms with E-state index in [9.17, 15) is 19.8 Å². The highest BCUT2D eigenvalue weighted by molar-refractivity contribution is 5.90. The van der Waals surface area contributed by atoms with E-state index in [1.54, 1.807) is 67.6 Å². The van der Waals surface area contributed by atoms with Gasteiger partial charge >= 0.3 is 11.9 Å². The molecular weight excluding hydrogens is 388 g/mol. The zero-order valence-electron chi connectivity index (χ0n) is 16.5. The lowest BCUT2D eigenvalue weighted by Crippen LogP contribution is -2.62. The number of esters is 2. The molecular formula is C23H24O7. The van der Waals surface area contributed by atoms with Gasteiger partial charge in [-0.15, -0.1) is 0 Å². The van der Waals surface area contributed by atoms with Crippen LogP contribution in [0.4, 0.5) is 0 Å². The first-order valence-corrected chi connectivity index (χ1v) is 9.64. The van der Waals surface area contributed by atoms with Crippen LogP contribution in [0.15, 0.2) is 72.8 Å². The van der Waals surface area contributed by atoms with Gasteiger partial charge in [-0.25, -0.2) is 9.59 Å². The van der Waals surface area contributed by atoms with E-state index in [0.717, 1.165) is 0 Å². The molecule has 0 aromatic heterocycles. The summed E-state index contributed by atoms with van der Waals surface area (Å²) in [5, 5.41) is 22.0. The third kappa shape index (κ3) is 4.76. The largest absolute Gasteiger partial charge is 0.459 e. The number of hydrogen-bond donors (Lipinski definition) is 2. The molecule has 0 bridgehead atoms. The first-order valence-electron chi connectivity index (χ1n) is 9.64. The highest BCUT2D eigenvalue weighted by Crippen LogP contribution is 2.30. The van der Waals surface area contributed by atoms with Gasteiger partial charge in [0.2, 0.25) is 0 Å². The van der Waals surface area contributed by atoms with Crippen LogP contribution in [0.25, 0.3) is 0 Å². The Kier molecular flexibility index (Phi) is 6.99. The summed E-state index contributed by atoms with van der Waals surface area (Å²) in [5.74, 6) is -1.30. The van der Waals surface area contributed by atoms with Crippen molar-refractivity contribution in [1.29, 1.82) is 0 Å². The van der Waals surface area contributed by atoms with Crippen molar-refractivity contribution in [1.82, 2.24) is 0 Å². The van der Waals surface area contributed by atoms with Gasteiger partial charge in [-0.3, -0.25) is 0 Å². The van der Waals surface area contributed by atoms with Gasteiger partial charge in [0.05, 0.1) is 11.1 Å². The van der Waals surface area contributed by atoms with E-state index in [1.165, 1.54) is 12.2 Å². The maximum atomic E-state index is 12.4. The summed E-state index contributed by atoms with van der Waals surface area (Å²) in [6, 6.07) is 16.6. The molecule has 30 heavy (non-hydrogen) atoms. The number of hydrogen-bond acceptors (Lipinski definition) is 7. The van der Waals surface area contributed by atoms with E-state index >= 15 is 0 Å². The average molecular weight is 412 g/mol. The molecule has 0 saturated heterocycles. The topological polar surface area (TPSA) is 102 Å². The minimum absolute atomic E-state index is 0.255. The molecule has 0 fully saturated rings. The van der Waals surface area contributed by atoms with Gasteiger partial charge < -0.3 is 24.4 Å². The standard InChI is InChI=1S/C23H24O7/c1-2-28-19-14-13-18(30-22(26)17-11-7-4-8-12-17)20(24)23(19,27)15-29-21(25)16-9-5-3-6-10-16/h3-14,18-20,24,27H,2,15H2,1H3/t18-,19+,20-,23-/m0/s1. The third-order valence-corrected chi connectivity index (χ3v) is 4.83. The summed E-state index contributed by atoms with van der Waals surface area (Å²) in [6.07, 6.45) is -0.715. The number of ether oxygens (including phenoxy) is 3. The minimum atomic E-state index is -2.00. The van der Waals surface area contributed by atoms with Gasteiger partial charge in [0, 0.05) is 6.61 Å². The van der Waals surface area contributed by atoms with E-state index in [0.29, 0.717) is 11.1 Å². The average Bonchev–Trinajstić information content (AvgIpc) is 2.78. The fourth-order valence-corrected chi connectivity index (χ4v) is 3.19. The SMILES string of the molecule is CCO[C@@H]1C=C[C@H](OC(=O)c2ccccc2)[C@H](O)[C@]1(O)COC(=O)c1ccccc1. The fraction of sp³-hybridized carbons (Fsp3) is 0.304. The van der Waals surface area contributed by atoms with E-state index in [4.69, 9.17) is 14.2 Å². The molecule has 7 heteroatoms. The van der Waals surface area contributed by atoms with Crippen LogP contribution in [-0.2, 0) is 14.2 Å². The van der Waals surface area contributed by atoms with Crippen molar-refractivity contribution < 1.29 is 34.0 Å². The summed E-state index contributed by atoms with van der Waals surface area (Å²) < 4.78 is 16.1. The van der Waals surface area contributed by atoms with Gasteiger partial charge in [0.15, 0.2) is 5.60 Å². The maximum Gasteiger partial charge on any atom is 0.338 e. The highest BCUT2D eigenvalue weighted by atomic mass is 16.6. The summed E-state index contributed by atoms with van der Waals surface area (Å²) in [7, 11) is 0. The first kappa shape index (κ1) is 21.7. The number of benzene rings is 2. The molecule has 2 N–H and O–H groups in total. The van der Waals surface area contributed by atoms with Crippen molar-refractivity contribution >= 4 is 11.9 Å². The Balaban J connectivity index is 1.75. The highest BCUT2D eigenvalue weighted by Gasteiger charge is 2.51. The second-order valence-corrected chi connectivity index (χ2v) is 6.88. The molecule has 2 aromatic rings. The second-order valence-electron chi connectivity index (χ2n) is 6.88. The van der Waals surface area contributed by atoms with Crippen LogP contribution in [-0.4, -0.2) is 59.3 Å². The minimum Gasteiger partial charge on any atom is -0.459 e. The zero-order chi connectivity index (χ0) is 21.6. The molecule has 0 unspecified atom stereocenters. The molecule has 2 aromatic carbocycles. The third-order valence-electron chi connectivity index (χ3n) is 4.83. The maximum absolute atomic E-state index is 12.4. The summed E-state index contributed by atoms with van der Waals surface area (Å²) >= 11 is 0. The van der Waals surface area contributed by atoms with Gasteiger partial charge in [-0.2, -0.15) is 0 Å². The summed E-state index contributed by atoms with van der Waals surface area (Å²) in [5.41, 5.74) is -1.39. The lowest BCUT2D eigenvalue weighted by molar-refractivity contribution is -0.194. The molecule has 0 heterocycles.